The quantitative estimate of drug-likeness (QED) is 0.516. The van der Waals surface area contributed by atoms with Gasteiger partial charge in [0.05, 0.1) is 6.61 Å². The second-order valence-corrected chi connectivity index (χ2v) is 8.94. The molecule has 1 aromatic heterocycles. The molecule has 1 atom stereocenters. The van der Waals surface area contributed by atoms with E-state index in [1.54, 1.807) is 0 Å². The lowest BCUT2D eigenvalue weighted by Crippen LogP contribution is -2.19. The summed E-state index contributed by atoms with van der Waals surface area (Å²) < 4.78 is 28.2. The summed E-state index contributed by atoms with van der Waals surface area (Å²) in [6.07, 6.45) is 1.83. The van der Waals surface area contributed by atoms with E-state index < -0.39 is 6.29 Å². The topological polar surface area (TPSA) is 92.3 Å². The fraction of sp³-hybridized carbons (Fsp3) is 0.348. The number of hydrogen-bond donors (Lipinski definition) is 1. The van der Waals surface area contributed by atoms with E-state index in [0.717, 1.165) is 29.8 Å². The predicted octanol–water partition coefficient (Wildman–Crippen LogP) is 4.07. The molecule has 5 rings (SSSR count). The van der Waals surface area contributed by atoms with Gasteiger partial charge < -0.3 is 19.8 Å². The van der Waals surface area contributed by atoms with E-state index in [1.807, 2.05) is 34.9 Å². The van der Waals surface area contributed by atoms with E-state index in [0.29, 0.717) is 34.7 Å². The molecule has 9 heteroatoms. The van der Waals surface area contributed by atoms with Crippen molar-refractivity contribution < 1.29 is 18.7 Å². The molecular weight excluding hydrogens is 431 g/mol. The van der Waals surface area contributed by atoms with Crippen LogP contribution in [0.25, 0.3) is 0 Å². The van der Waals surface area contributed by atoms with Gasteiger partial charge in [-0.3, -0.25) is 4.79 Å². The van der Waals surface area contributed by atoms with Crippen LogP contribution in [0.3, 0.4) is 0 Å². The molecule has 0 radical (unpaired) electrons. The van der Waals surface area contributed by atoms with Crippen molar-refractivity contribution >= 4 is 17.7 Å². The number of aromatic nitrogens is 3. The molecule has 2 N–H and O–H groups in total. The van der Waals surface area contributed by atoms with Gasteiger partial charge in [0, 0.05) is 41.3 Å². The Kier molecular flexibility index (Phi) is 5.84. The summed E-state index contributed by atoms with van der Waals surface area (Å²) in [6, 6.07) is 12.6. The first kappa shape index (κ1) is 21.0. The summed E-state index contributed by atoms with van der Waals surface area (Å²) in [5, 5.41) is 9.36. The minimum absolute atomic E-state index is 0.222. The third-order valence-electron chi connectivity index (χ3n) is 5.52. The van der Waals surface area contributed by atoms with Crippen molar-refractivity contribution in [3.8, 4) is 5.75 Å². The Morgan fingerprint density at radius 2 is 2.03 bits per heavy atom. The van der Waals surface area contributed by atoms with Gasteiger partial charge in [-0.15, -0.1) is 10.2 Å². The maximum Gasteiger partial charge on any atom is 0.227 e. The molecule has 2 aliphatic rings. The number of fused-ring (bicyclic) bond motifs is 1. The molecular formula is C23H23FN4O3S. The minimum atomic E-state index is -0.543. The summed E-state index contributed by atoms with van der Waals surface area (Å²) in [6.45, 7) is 0.711. The number of primary amides is 1. The maximum absolute atomic E-state index is 14.3. The Balaban J connectivity index is 1.38. The highest BCUT2D eigenvalue weighted by atomic mass is 32.2. The lowest BCUT2D eigenvalue weighted by molar-refractivity contribution is -0.118. The molecule has 1 aliphatic heterocycles. The number of ether oxygens (including phenoxy) is 2. The van der Waals surface area contributed by atoms with Crippen molar-refractivity contribution in [2.24, 2.45) is 5.73 Å². The fourth-order valence-electron chi connectivity index (χ4n) is 3.78. The number of carbonyl (C=O) groups excluding carboxylic acids is 1. The van der Waals surface area contributed by atoms with Crippen molar-refractivity contribution in [2.45, 2.75) is 55.5 Å². The van der Waals surface area contributed by atoms with Gasteiger partial charge in [-0.1, -0.05) is 42.1 Å². The molecule has 7 nitrogen and oxygen atoms in total. The molecule has 2 heterocycles. The Bertz CT molecular complexity index is 1130. The lowest BCUT2D eigenvalue weighted by Gasteiger charge is -2.28. The SMILES string of the molecule is NC(=O)CCn1c(SCc2cc(F)cc3c2OC(c2ccccc2)OC3)nnc1C1CC1. The highest BCUT2D eigenvalue weighted by Gasteiger charge is 2.31. The Labute approximate surface area is 189 Å². The van der Waals surface area contributed by atoms with Gasteiger partial charge in [0.1, 0.15) is 17.4 Å². The predicted molar refractivity (Wildman–Crippen MR) is 116 cm³/mol. The minimum Gasteiger partial charge on any atom is -0.460 e. The van der Waals surface area contributed by atoms with Gasteiger partial charge in [0.2, 0.25) is 12.2 Å². The number of thioether (sulfide) groups is 1. The van der Waals surface area contributed by atoms with E-state index in [2.05, 4.69) is 10.2 Å². The van der Waals surface area contributed by atoms with Gasteiger partial charge in [0.15, 0.2) is 5.16 Å². The van der Waals surface area contributed by atoms with Gasteiger partial charge in [-0.05, 0) is 25.0 Å². The van der Waals surface area contributed by atoms with Crippen LogP contribution < -0.4 is 10.5 Å². The van der Waals surface area contributed by atoms with Crippen LogP contribution >= 0.6 is 11.8 Å². The van der Waals surface area contributed by atoms with E-state index in [-0.39, 0.29) is 24.8 Å². The molecule has 2 aromatic carbocycles. The van der Waals surface area contributed by atoms with Crippen LogP contribution in [-0.2, 0) is 28.4 Å². The standard InChI is InChI=1S/C23H23FN4O3S/c24-18-10-16-12-30-22(15-4-2-1-3-5-15)31-20(16)17(11-18)13-32-23-27-26-21(14-6-7-14)28(23)9-8-19(25)29/h1-5,10-11,14,22H,6-9,12-13H2,(H2,25,29). The first-order valence-electron chi connectivity index (χ1n) is 10.6. The Morgan fingerprint density at radius 3 is 2.78 bits per heavy atom. The van der Waals surface area contributed by atoms with Crippen LogP contribution in [0.5, 0.6) is 5.75 Å². The van der Waals surface area contributed by atoms with Crippen LogP contribution in [0.15, 0.2) is 47.6 Å². The van der Waals surface area contributed by atoms with Crippen molar-refractivity contribution in [2.75, 3.05) is 0 Å². The van der Waals surface area contributed by atoms with E-state index in [9.17, 15) is 9.18 Å². The molecule has 0 bridgehead atoms. The second-order valence-electron chi connectivity index (χ2n) is 8.00. The van der Waals surface area contributed by atoms with Crippen LogP contribution in [0.4, 0.5) is 4.39 Å². The first-order valence-corrected chi connectivity index (χ1v) is 11.6. The number of benzene rings is 2. The zero-order chi connectivity index (χ0) is 22.1. The number of rotatable bonds is 8. The summed E-state index contributed by atoms with van der Waals surface area (Å²) in [4.78, 5) is 11.3. The monoisotopic (exact) mass is 454 g/mol. The molecule has 32 heavy (non-hydrogen) atoms. The molecule has 166 valence electrons. The van der Waals surface area contributed by atoms with E-state index in [1.165, 1.54) is 23.9 Å². The van der Waals surface area contributed by atoms with Gasteiger partial charge in [-0.2, -0.15) is 0 Å². The van der Waals surface area contributed by atoms with Crippen LogP contribution in [0.2, 0.25) is 0 Å². The van der Waals surface area contributed by atoms with Crippen LogP contribution in [0, 0.1) is 5.82 Å². The normalized spacial score (nSPS) is 17.6. The third-order valence-corrected chi connectivity index (χ3v) is 6.54. The van der Waals surface area contributed by atoms with Crippen molar-refractivity contribution in [3.05, 3.63) is 70.8 Å². The molecule has 1 fully saturated rings. The number of nitrogens with two attached hydrogens (primary N) is 1. The Morgan fingerprint density at radius 1 is 1.22 bits per heavy atom. The molecule has 1 aliphatic carbocycles. The van der Waals surface area contributed by atoms with Crippen molar-refractivity contribution in [1.82, 2.24) is 14.8 Å². The summed E-state index contributed by atoms with van der Waals surface area (Å²) in [7, 11) is 0. The summed E-state index contributed by atoms with van der Waals surface area (Å²) >= 11 is 1.45. The van der Waals surface area contributed by atoms with Gasteiger partial charge in [-0.25, -0.2) is 4.39 Å². The second kappa shape index (κ2) is 8.91. The molecule has 1 unspecified atom stereocenters. The number of nitrogens with zero attached hydrogens (tertiary/aromatic N) is 3. The molecule has 1 amide bonds. The number of amides is 1. The zero-order valence-electron chi connectivity index (χ0n) is 17.4. The molecule has 0 saturated heterocycles. The smallest absolute Gasteiger partial charge is 0.227 e. The van der Waals surface area contributed by atoms with Crippen molar-refractivity contribution in [1.29, 1.82) is 0 Å². The highest BCUT2D eigenvalue weighted by Crippen LogP contribution is 2.42. The van der Waals surface area contributed by atoms with Crippen LogP contribution in [0.1, 0.15) is 54.0 Å². The third kappa shape index (κ3) is 4.49. The number of halogens is 1. The van der Waals surface area contributed by atoms with E-state index in [4.69, 9.17) is 15.2 Å². The van der Waals surface area contributed by atoms with Gasteiger partial charge in [0.25, 0.3) is 0 Å². The van der Waals surface area contributed by atoms with Gasteiger partial charge >= 0.3 is 0 Å². The average molecular weight is 455 g/mol. The number of hydrogen-bond acceptors (Lipinski definition) is 6. The zero-order valence-corrected chi connectivity index (χ0v) is 18.2. The summed E-state index contributed by atoms with van der Waals surface area (Å²) in [5.74, 6) is 1.67. The average Bonchev–Trinajstić information content (AvgIpc) is 3.56. The Hall–Kier alpha value is -2.91. The number of carbonyl (C=O) groups is 1. The fourth-order valence-corrected chi connectivity index (χ4v) is 4.72. The highest BCUT2D eigenvalue weighted by molar-refractivity contribution is 7.98. The van der Waals surface area contributed by atoms with Crippen LogP contribution in [-0.4, -0.2) is 20.7 Å². The molecule has 1 saturated carbocycles. The lowest BCUT2D eigenvalue weighted by atomic mass is 10.1. The first-order chi connectivity index (χ1) is 15.6. The maximum atomic E-state index is 14.3. The summed E-state index contributed by atoms with van der Waals surface area (Å²) in [5.41, 5.74) is 7.66. The molecule has 0 spiro atoms. The molecule has 3 aromatic rings. The largest absolute Gasteiger partial charge is 0.460 e. The van der Waals surface area contributed by atoms with E-state index >= 15 is 0 Å². The van der Waals surface area contributed by atoms with Crippen molar-refractivity contribution in [3.63, 3.8) is 0 Å².